The van der Waals surface area contributed by atoms with Gasteiger partial charge in [0.05, 0.1) is 24.1 Å². The van der Waals surface area contributed by atoms with Crippen molar-refractivity contribution in [1.29, 1.82) is 0 Å². The molecule has 0 saturated heterocycles. The molecule has 1 amide bonds. The fourth-order valence-electron chi connectivity index (χ4n) is 3.31. The quantitative estimate of drug-likeness (QED) is 0.455. The molecule has 0 unspecified atom stereocenters. The van der Waals surface area contributed by atoms with Crippen molar-refractivity contribution < 1.29 is 4.79 Å². The molecule has 0 aliphatic heterocycles. The maximum absolute atomic E-state index is 12.2. The summed E-state index contributed by atoms with van der Waals surface area (Å²) in [6.07, 6.45) is 7.76. The predicted molar refractivity (Wildman–Crippen MR) is 117 cm³/mol. The van der Waals surface area contributed by atoms with Gasteiger partial charge in [0.25, 0.3) is 5.91 Å². The Labute approximate surface area is 181 Å². The maximum Gasteiger partial charge on any atom is 0.251 e. The van der Waals surface area contributed by atoms with Crippen molar-refractivity contribution in [1.82, 2.24) is 29.5 Å². The molecule has 0 atom stereocenters. The van der Waals surface area contributed by atoms with Crippen LogP contribution in [0, 0.1) is 0 Å². The Kier molecular flexibility index (Phi) is 4.74. The number of carbonyl (C=O) groups excluding carboxylic acids is 1. The summed E-state index contributed by atoms with van der Waals surface area (Å²) >= 11 is 3.49. The van der Waals surface area contributed by atoms with Crippen LogP contribution in [0.2, 0.25) is 0 Å². The zero-order valence-electron chi connectivity index (χ0n) is 16.3. The molecule has 9 heteroatoms. The molecular formula is C21H20BrN7O. The van der Waals surface area contributed by atoms with Gasteiger partial charge in [-0.25, -0.2) is 9.97 Å². The number of imidazole rings is 1. The lowest BCUT2D eigenvalue weighted by atomic mass is 10.1. The van der Waals surface area contributed by atoms with Crippen molar-refractivity contribution >= 4 is 33.3 Å². The Morgan fingerprint density at radius 2 is 2.03 bits per heavy atom. The second-order valence-electron chi connectivity index (χ2n) is 7.41. The van der Waals surface area contributed by atoms with Crippen LogP contribution in [0.3, 0.4) is 0 Å². The average Bonchev–Trinajstić information content (AvgIpc) is 3.29. The van der Waals surface area contributed by atoms with Crippen LogP contribution in [-0.2, 0) is 13.6 Å². The van der Waals surface area contributed by atoms with Crippen LogP contribution in [0.15, 0.2) is 53.5 Å². The molecule has 0 spiro atoms. The van der Waals surface area contributed by atoms with E-state index in [4.69, 9.17) is 0 Å². The number of anilines is 1. The van der Waals surface area contributed by atoms with Gasteiger partial charge in [0, 0.05) is 36.6 Å². The number of nitrogens with one attached hydrogen (secondary N) is 2. The number of fused-ring (bicyclic) bond motifs is 1. The van der Waals surface area contributed by atoms with E-state index < -0.39 is 0 Å². The van der Waals surface area contributed by atoms with Crippen LogP contribution >= 0.6 is 15.9 Å². The van der Waals surface area contributed by atoms with Gasteiger partial charge in [-0.1, -0.05) is 12.1 Å². The SMILES string of the molecule is Cn1ccc(CNc2nc(Br)cn3c(-c4ccc(C(=O)NC5CC5)cc4)cnc23)n1. The highest BCUT2D eigenvalue weighted by Crippen LogP contribution is 2.26. The maximum atomic E-state index is 12.2. The first-order chi connectivity index (χ1) is 14.6. The number of rotatable bonds is 6. The summed E-state index contributed by atoms with van der Waals surface area (Å²) in [6.45, 7) is 0.549. The zero-order chi connectivity index (χ0) is 20.7. The average molecular weight is 466 g/mol. The summed E-state index contributed by atoms with van der Waals surface area (Å²) in [7, 11) is 1.89. The number of hydrogen-bond acceptors (Lipinski definition) is 5. The topological polar surface area (TPSA) is 89.1 Å². The smallest absolute Gasteiger partial charge is 0.251 e. The summed E-state index contributed by atoms with van der Waals surface area (Å²) in [6, 6.07) is 9.89. The summed E-state index contributed by atoms with van der Waals surface area (Å²) in [5, 5.41) is 10.7. The Morgan fingerprint density at radius 1 is 1.23 bits per heavy atom. The van der Waals surface area contributed by atoms with Gasteiger partial charge < -0.3 is 10.6 Å². The van der Waals surface area contributed by atoms with E-state index in [1.54, 1.807) is 4.68 Å². The number of carbonyl (C=O) groups is 1. The van der Waals surface area contributed by atoms with E-state index in [1.807, 2.05) is 60.4 Å². The molecule has 1 fully saturated rings. The number of hydrogen-bond donors (Lipinski definition) is 2. The molecule has 30 heavy (non-hydrogen) atoms. The van der Waals surface area contributed by atoms with E-state index in [9.17, 15) is 4.79 Å². The Hall–Kier alpha value is -3.20. The second-order valence-corrected chi connectivity index (χ2v) is 8.22. The van der Waals surface area contributed by atoms with Gasteiger partial charge in [0.15, 0.2) is 11.5 Å². The minimum Gasteiger partial charge on any atom is -0.361 e. The third-order valence-electron chi connectivity index (χ3n) is 5.02. The van der Waals surface area contributed by atoms with Crippen LogP contribution in [0.1, 0.15) is 28.9 Å². The van der Waals surface area contributed by atoms with Crippen LogP contribution < -0.4 is 10.6 Å². The highest BCUT2D eigenvalue weighted by Gasteiger charge is 2.23. The number of amides is 1. The minimum atomic E-state index is -0.0184. The van der Waals surface area contributed by atoms with Crippen LogP contribution in [-0.4, -0.2) is 36.1 Å². The molecule has 3 aromatic heterocycles. The van der Waals surface area contributed by atoms with Gasteiger partial charge in [-0.2, -0.15) is 5.10 Å². The van der Waals surface area contributed by atoms with Gasteiger partial charge >= 0.3 is 0 Å². The first-order valence-electron chi connectivity index (χ1n) is 9.74. The first kappa shape index (κ1) is 18.8. The van der Waals surface area contributed by atoms with Crippen molar-refractivity contribution in [3.8, 4) is 11.3 Å². The number of aromatic nitrogens is 5. The number of nitrogens with zero attached hydrogens (tertiary/aromatic N) is 5. The van der Waals surface area contributed by atoms with Gasteiger partial charge in [-0.05, 0) is 47.0 Å². The predicted octanol–water partition coefficient (Wildman–Crippen LogP) is 3.40. The second kappa shape index (κ2) is 7.56. The molecule has 2 N–H and O–H groups in total. The fraction of sp³-hybridized carbons (Fsp3) is 0.238. The Bertz CT molecular complexity index is 1220. The molecule has 1 aliphatic rings. The number of benzene rings is 1. The fourth-order valence-corrected chi connectivity index (χ4v) is 3.69. The van der Waals surface area contributed by atoms with Gasteiger partial charge in [0.2, 0.25) is 0 Å². The molecular weight excluding hydrogens is 446 g/mol. The van der Waals surface area contributed by atoms with Crippen LogP contribution in [0.4, 0.5) is 5.82 Å². The highest BCUT2D eigenvalue weighted by molar-refractivity contribution is 9.10. The molecule has 0 radical (unpaired) electrons. The van der Waals surface area contributed by atoms with Crippen LogP contribution in [0.25, 0.3) is 16.9 Å². The molecule has 3 heterocycles. The number of aryl methyl sites for hydroxylation is 1. The molecule has 5 rings (SSSR count). The standard InChI is InChI=1S/C21H20BrN7O/c1-28-9-8-16(27-28)10-23-19-20-24-11-17(29(20)12-18(22)26-19)13-2-4-14(5-3-13)21(30)25-15-6-7-15/h2-5,8-9,11-12,15H,6-7,10H2,1H3,(H,23,26)(H,25,30). The highest BCUT2D eigenvalue weighted by atomic mass is 79.9. The molecule has 1 aromatic carbocycles. The third kappa shape index (κ3) is 3.80. The normalized spacial score (nSPS) is 13.5. The molecule has 8 nitrogen and oxygen atoms in total. The summed E-state index contributed by atoms with van der Waals surface area (Å²) < 4.78 is 4.44. The van der Waals surface area contributed by atoms with E-state index in [0.29, 0.717) is 28.6 Å². The van der Waals surface area contributed by atoms with Crippen molar-refractivity contribution in [2.24, 2.45) is 7.05 Å². The monoisotopic (exact) mass is 465 g/mol. The van der Waals surface area contributed by atoms with E-state index in [0.717, 1.165) is 35.4 Å². The summed E-state index contributed by atoms with van der Waals surface area (Å²) in [5.74, 6) is 0.650. The van der Waals surface area contributed by atoms with Crippen LogP contribution in [0.5, 0.6) is 0 Å². The van der Waals surface area contributed by atoms with Gasteiger partial charge in [0.1, 0.15) is 4.60 Å². The largest absolute Gasteiger partial charge is 0.361 e. The summed E-state index contributed by atoms with van der Waals surface area (Å²) in [4.78, 5) is 21.3. The lowest BCUT2D eigenvalue weighted by molar-refractivity contribution is 0.0951. The van der Waals surface area contributed by atoms with E-state index in [2.05, 4.69) is 41.6 Å². The zero-order valence-corrected chi connectivity index (χ0v) is 17.9. The van der Waals surface area contributed by atoms with E-state index in [1.165, 1.54) is 0 Å². The van der Waals surface area contributed by atoms with Crippen molar-refractivity contribution in [2.45, 2.75) is 25.4 Å². The Balaban J connectivity index is 1.42. The van der Waals surface area contributed by atoms with Crippen molar-refractivity contribution in [3.63, 3.8) is 0 Å². The molecule has 0 bridgehead atoms. The summed E-state index contributed by atoms with van der Waals surface area (Å²) in [5.41, 5.74) is 4.20. The van der Waals surface area contributed by atoms with E-state index >= 15 is 0 Å². The lowest BCUT2D eigenvalue weighted by Gasteiger charge is -2.09. The number of halogens is 1. The minimum absolute atomic E-state index is 0.0184. The molecule has 1 aliphatic carbocycles. The molecule has 152 valence electrons. The molecule has 4 aromatic rings. The van der Waals surface area contributed by atoms with Gasteiger partial charge in [-0.3, -0.25) is 13.9 Å². The third-order valence-corrected chi connectivity index (χ3v) is 5.41. The van der Waals surface area contributed by atoms with E-state index in [-0.39, 0.29) is 5.91 Å². The lowest BCUT2D eigenvalue weighted by Crippen LogP contribution is -2.25. The van der Waals surface area contributed by atoms with Crippen molar-refractivity contribution in [3.05, 3.63) is 64.8 Å². The Morgan fingerprint density at radius 3 is 2.73 bits per heavy atom. The van der Waals surface area contributed by atoms with Crippen molar-refractivity contribution in [2.75, 3.05) is 5.32 Å². The molecule has 1 saturated carbocycles. The van der Waals surface area contributed by atoms with Gasteiger partial charge in [-0.15, -0.1) is 0 Å². The first-order valence-corrected chi connectivity index (χ1v) is 10.5.